The van der Waals surface area contributed by atoms with Gasteiger partial charge < -0.3 is 0 Å². The average molecular weight is 331 g/mol. The summed E-state index contributed by atoms with van der Waals surface area (Å²) < 4.78 is 13.2. The Balaban J connectivity index is 1.70. The van der Waals surface area contributed by atoms with Gasteiger partial charge in [-0.25, -0.2) is 9.37 Å². The van der Waals surface area contributed by atoms with Crippen molar-refractivity contribution >= 4 is 23.2 Å². The van der Waals surface area contributed by atoms with Crippen LogP contribution in [0.25, 0.3) is 0 Å². The monoisotopic (exact) mass is 331 g/mol. The lowest BCUT2D eigenvalue weighted by Crippen LogP contribution is -2.14. The van der Waals surface area contributed by atoms with Crippen LogP contribution in [0.1, 0.15) is 31.8 Å². The molecule has 0 bridgehead atoms. The van der Waals surface area contributed by atoms with Gasteiger partial charge >= 0.3 is 0 Å². The summed E-state index contributed by atoms with van der Waals surface area (Å²) in [6.07, 6.45) is 0.398. The molecule has 3 rings (SSSR count). The van der Waals surface area contributed by atoms with E-state index in [0.29, 0.717) is 17.9 Å². The highest BCUT2D eigenvalue weighted by Gasteiger charge is 2.16. The standard InChI is InChI=1S/C15H14FN5OS/c1-8-13(17-9(2)23-8)14(22)19-15-18-12(20-21-15)7-10-4-3-5-11(16)6-10/h3-6H,7H2,1-2H3,(H2,18,19,20,21,22). The molecule has 23 heavy (non-hydrogen) atoms. The minimum Gasteiger partial charge on any atom is -0.288 e. The molecule has 2 aromatic heterocycles. The number of nitrogens with one attached hydrogen (secondary N) is 2. The second-order valence-electron chi connectivity index (χ2n) is 5.00. The van der Waals surface area contributed by atoms with Gasteiger partial charge in [0.1, 0.15) is 17.3 Å². The van der Waals surface area contributed by atoms with Crippen molar-refractivity contribution in [1.29, 1.82) is 0 Å². The fourth-order valence-electron chi connectivity index (χ4n) is 2.17. The van der Waals surface area contributed by atoms with Crippen LogP contribution in [-0.4, -0.2) is 26.1 Å². The van der Waals surface area contributed by atoms with Crippen molar-refractivity contribution in [2.45, 2.75) is 20.3 Å². The van der Waals surface area contributed by atoms with Gasteiger partial charge in [-0.2, -0.15) is 4.98 Å². The molecule has 118 valence electrons. The van der Waals surface area contributed by atoms with Gasteiger partial charge in [0.2, 0.25) is 5.95 Å². The second kappa shape index (κ2) is 6.25. The molecule has 0 aliphatic heterocycles. The topological polar surface area (TPSA) is 83.6 Å². The van der Waals surface area contributed by atoms with Crippen LogP contribution in [0.2, 0.25) is 0 Å². The summed E-state index contributed by atoms with van der Waals surface area (Å²) in [4.78, 5) is 21.4. The molecule has 0 saturated carbocycles. The number of rotatable bonds is 4. The molecule has 6 nitrogen and oxygen atoms in total. The number of carbonyl (C=O) groups is 1. The lowest BCUT2D eigenvalue weighted by Gasteiger charge is -1.98. The fraction of sp³-hybridized carbons (Fsp3) is 0.200. The van der Waals surface area contributed by atoms with Crippen molar-refractivity contribution in [3.05, 3.63) is 57.0 Å². The molecule has 0 aliphatic carbocycles. The Morgan fingerprint density at radius 1 is 1.35 bits per heavy atom. The van der Waals surface area contributed by atoms with Crippen LogP contribution in [0, 0.1) is 19.7 Å². The van der Waals surface area contributed by atoms with E-state index in [-0.39, 0.29) is 17.7 Å². The normalized spacial score (nSPS) is 10.7. The van der Waals surface area contributed by atoms with Crippen molar-refractivity contribution in [1.82, 2.24) is 20.2 Å². The van der Waals surface area contributed by atoms with Crippen molar-refractivity contribution in [2.24, 2.45) is 0 Å². The zero-order valence-corrected chi connectivity index (χ0v) is 13.4. The molecule has 3 aromatic rings. The molecule has 0 aliphatic rings. The van der Waals surface area contributed by atoms with E-state index in [4.69, 9.17) is 0 Å². The first-order valence-corrected chi connectivity index (χ1v) is 7.74. The van der Waals surface area contributed by atoms with Crippen LogP contribution in [0.3, 0.4) is 0 Å². The smallest absolute Gasteiger partial charge is 0.277 e. The number of halogens is 1. The number of amides is 1. The Morgan fingerprint density at radius 2 is 2.17 bits per heavy atom. The Kier molecular flexibility index (Phi) is 4.16. The molecule has 0 fully saturated rings. The minimum atomic E-state index is -0.344. The predicted molar refractivity (Wildman–Crippen MR) is 85.1 cm³/mol. The van der Waals surface area contributed by atoms with Crippen LogP contribution >= 0.6 is 11.3 Å². The molecule has 1 aromatic carbocycles. The minimum absolute atomic E-state index is 0.173. The van der Waals surface area contributed by atoms with Gasteiger partial charge in [0.25, 0.3) is 5.91 Å². The average Bonchev–Trinajstić information content (AvgIpc) is 3.05. The first kappa shape index (κ1) is 15.3. The number of carbonyl (C=O) groups excluding carboxylic acids is 1. The molecule has 0 atom stereocenters. The molecule has 0 unspecified atom stereocenters. The third-order valence-corrected chi connectivity index (χ3v) is 4.02. The number of H-pyrrole nitrogens is 1. The van der Waals surface area contributed by atoms with E-state index in [9.17, 15) is 9.18 Å². The molecule has 1 amide bonds. The van der Waals surface area contributed by atoms with Gasteiger partial charge in [-0.3, -0.25) is 15.2 Å². The number of aromatic nitrogens is 4. The maximum absolute atomic E-state index is 13.2. The number of nitrogens with zero attached hydrogens (tertiary/aromatic N) is 3. The molecule has 2 heterocycles. The number of anilines is 1. The van der Waals surface area contributed by atoms with Crippen LogP contribution in [0.4, 0.5) is 10.3 Å². The highest BCUT2D eigenvalue weighted by Crippen LogP contribution is 2.17. The van der Waals surface area contributed by atoms with Crippen LogP contribution in [0.5, 0.6) is 0 Å². The van der Waals surface area contributed by atoms with Gasteiger partial charge in [-0.1, -0.05) is 12.1 Å². The van der Waals surface area contributed by atoms with E-state index in [1.54, 1.807) is 12.1 Å². The first-order valence-electron chi connectivity index (χ1n) is 6.92. The van der Waals surface area contributed by atoms with Crippen LogP contribution in [0.15, 0.2) is 24.3 Å². The van der Waals surface area contributed by atoms with Gasteiger partial charge in [-0.05, 0) is 31.5 Å². The lowest BCUT2D eigenvalue weighted by molar-refractivity contribution is 0.102. The zero-order valence-electron chi connectivity index (χ0n) is 12.6. The number of hydrogen-bond donors (Lipinski definition) is 2. The number of thiazole rings is 1. The quantitative estimate of drug-likeness (QED) is 0.770. The summed E-state index contributed by atoms with van der Waals surface area (Å²) >= 11 is 1.46. The van der Waals surface area contributed by atoms with Crippen molar-refractivity contribution in [2.75, 3.05) is 5.32 Å². The van der Waals surface area contributed by atoms with Crippen LogP contribution in [-0.2, 0) is 6.42 Å². The number of benzene rings is 1. The summed E-state index contributed by atoms with van der Waals surface area (Å²) in [5.74, 6) is 0.0663. The van der Waals surface area contributed by atoms with E-state index in [1.807, 2.05) is 13.8 Å². The Hall–Kier alpha value is -2.61. The molecule has 0 radical (unpaired) electrons. The van der Waals surface area contributed by atoms with E-state index in [0.717, 1.165) is 15.4 Å². The molecule has 2 N–H and O–H groups in total. The molecular weight excluding hydrogens is 317 g/mol. The summed E-state index contributed by atoms with van der Waals surface area (Å²) in [6, 6.07) is 6.25. The number of hydrogen-bond acceptors (Lipinski definition) is 5. The van der Waals surface area contributed by atoms with E-state index >= 15 is 0 Å². The van der Waals surface area contributed by atoms with Crippen molar-refractivity contribution < 1.29 is 9.18 Å². The predicted octanol–water partition coefficient (Wildman–Crippen LogP) is 2.86. The van der Waals surface area contributed by atoms with Crippen LogP contribution < -0.4 is 5.32 Å². The maximum atomic E-state index is 13.2. The maximum Gasteiger partial charge on any atom is 0.277 e. The molecule has 8 heteroatoms. The van der Waals surface area contributed by atoms with Gasteiger partial charge in [0.05, 0.1) is 5.01 Å². The van der Waals surface area contributed by atoms with E-state index in [2.05, 4.69) is 25.5 Å². The fourth-order valence-corrected chi connectivity index (χ4v) is 2.99. The van der Waals surface area contributed by atoms with Gasteiger partial charge in [0, 0.05) is 11.3 Å². The number of aryl methyl sites for hydroxylation is 2. The summed E-state index contributed by atoms with van der Waals surface area (Å²) in [7, 11) is 0. The Labute approximate surface area is 135 Å². The molecule has 0 spiro atoms. The van der Waals surface area contributed by atoms with Crippen molar-refractivity contribution in [3.63, 3.8) is 0 Å². The highest BCUT2D eigenvalue weighted by molar-refractivity contribution is 7.11. The zero-order chi connectivity index (χ0) is 16.4. The molecular formula is C15H14FN5OS. The Bertz CT molecular complexity index is 857. The van der Waals surface area contributed by atoms with Gasteiger partial charge in [-0.15, -0.1) is 16.4 Å². The van der Waals surface area contributed by atoms with E-state index in [1.165, 1.54) is 23.5 Å². The highest BCUT2D eigenvalue weighted by atomic mass is 32.1. The van der Waals surface area contributed by atoms with E-state index < -0.39 is 0 Å². The summed E-state index contributed by atoms with van der Waals surface area (Å²) in [6.45, 7) is 3.69. The largest absolute Gasteiger partial charge is 0.288 e. The van der Waals surface area contributed by atoms with Gasteiger partial charge in [0.15, 0.2) is 0 Å². The SMILES string of the molecule is Cc1nc(C(=O)Nc2n[nH]c(Cc3cccc(F)c3)n2)c(C)s1. The third-order valence-electron chi connectivity index (χ3n) is 3.14. The first-order chi connectivity index (χ1) is 11.0. The Morgan fingerprint density at radius 3 is 2.87 bits per heavy atom. The summed E-state index contributed by atoms with van der Waals surface area (Å²) in [5.41, 5.74) is 1.15. The molecule has 0 saturated heterocycles. The third kappa shape index (κ3) is 3.59. The second-order valence-corrected chi connectivity index (χ2v) is 6.41. The summed E-state index contributed by atoms with van der Waals surface area (Å²) in [5, 5.41) is 10.1. The lowest BCUT2D eigenvalue weighted by atomic mass is 10.1. The number of aromatic amines is 1. The van der Waals surface area contributed by atoms with Crippen molar-refractivity contribution in [3.8, 4) is 0 Å².